The van der Waals surface area contributed by atoms with Gasteiger partial charge in [-0.2, -0.15) is 5.09 Å². The number of methoxy groups -OCH3 is 1. The third kappa shape index (κ3) is 5.96. The molecule has 0 bridgehead atoms. The minimum Gasteiger partial charge on any atom is -0.468 e. The fourth-order valence-corrected chi connectivity index (χ4v) is 5.66. The van der Waals surface area contributed by atoms with Gasteiger partial charge in [-0.15, -0.1) is 0 Å². The van der Waals surface area contributed by atoms with Gasteiger partial charge in [0.15, 0.2) is 17.7 Å². The minimum atomic E-state index is -4.17. The second-order valence-corrected chi connectivity index (χ2v) is 10.7. The number of amides is 1. The number of ether oxygens (including phenoxy) is 4. The number of hydrogen-bond acceptors (Lipinski definition) is 11. The van der Waals surface area contributed by atoms with E-state index in [0.29, 0.717) is 0 Å². The van der Waals surface area contributed by atoms with Crippen molar-refractivity contribution in [3.05, 3.63) is 58.8 Å². The molecule has 0 aliphatic carbocycles. The SMILES string of the molecule is COC(=O)[C@H](C)NP(=O)(OC[C@H]1O[C@@H](n2ccnc(C(N)=O)c2=O)[C@@H]2OC(C)(C)O[C@@H]21)Oc1ccccc1. The third-order valence-corrected chi connectivity index (χ3v) is 7.43. The molecule has 15 heteroatoms. The highest BCUT2D eigenvalue weighted by Gasteiger charge is 2.56. The zero-order valence-electron chi connectivity index (χ0n) is 21.1. The smallest absolute Gasteiger partial charge is 0.459 e. The predicted octanol–water partition coefficient (Wildman–Crippen LogP) is 1.11. The maximum absolute atomic E-state index is 13.7. The van der Waals surface area contributed by atoms with Gasteiger partial charge in [0.25, 0.3) is 11.5 Å². The average Bonchev–Trinajstić information content (AvgIpc) is 3.35. The van der Waals surface area contributed by atoms with Gasteiger partial charge in [0.1, 0.15) is 30.1 Å². The van der Waals surface area contributed by atoms with Gasteiger partial charge in [-0.25, -0.2) is 9.55 Å². The van der Waals surface area contributed by atoms with Crippen LogP contribution in [0.25, 0.3) is 0 Å². The number of fused-ring (bicyclic) bond motifs is 1. The lowest BCUT2D eigenvalue weighted by Gasteiger charge is -2.26. The van der Waals surface area contributed by atoms with Gasteiger partial charge >= 0.3 is 13.7 Å². The molecule has 1 aromatic heterocycles. The van der Waals surface area contributed by atoms with Crippen LogP contribution in [0.3, 0.4) is 0 Å². The molecule has 2 aromatic rings. The molecule has 0 radical (unpaired) electrons. The number of carbonyl (C=O) groups excluding carboxylic acids is 2. The molecule has 1 unspecified atom stereocenters. The van der Waals surface area contributed by atoms with Crippen molar-refractivity contribution in [2.75, 3.05) is 13.7 Å². The highest BCUT2D eigenvalue weighted by Crippen LogP contribution is 2.48. The van der Waals surface area contributed by atoms with Gasteiger partial charge in [-0.05, 0) is 32.9 Å². The Kier molecular flexibility index (Phi) is 8.02. The fourth-order valence-electron chi connectivity index (χ4n) is 4.16. The van der Waals surface area contributed by atoms with Crippen molar-refractivity contribution < 1.29 is 42.1 Å². The zero-order chi connectivity index (χ0) is 27.7. The minimum absolute atomic E-state index is 0.229. The summed E-state index contributed by atoms with van der Waals surface area (Å²) in [5.74, 6) is -2.49. The molecule has 2 fully saturated rings. The van der Waals surface area contributed by atoms with Crippen LogP contribution in [-0.2, 0) is 32.8 Å². The molecule has 2 saturated heterocycles. The van der Waals surface area contributed by atoms with E-state index in [1.54, 1.807) is 44.2 Å². The van der Waals surface area contributed by atoms with Crippen LogP contribution in [0, 0.1) is 0 Å². The molecule has 4 rings (SSSR count). The molecule has 2 aliphatic rings. The molecular formula is C23H29N4O10P. The van der Waals surface area contributed by atoms with Gasteiger partial charge in [0, 0.05) is 12.4 Å². The van der Waals surface area contributed by atoms with Gasteiger partial charge in [0.2, 0.25) is 0 Å². The van der Waals surface area contributed by atoms with E-state index >= 15 is 0 Å². The summed E-state index contributed by atoms with van der Waals surface area (Å²) in [5.41, 5.74) is 4.03. The molecular weight excluding hydrogens is 523 g/mol. The number of rotatable bonds is 10. The summed E-state index contributed by atoms with van der Waals surface area (Å²) in [6.45, 7) is 4.47. The topological polar surface area (TPSA) is 180 Å². The maximum atomic E-state index is 13.7. The zero-order valence-corrected chi connectivity index (χ0v) is 22.0. The Balaban J connectivity index is 1.59. The number of esters is 1. The van der Waals surface area contributed by atoms with E-state index in [1.807, 2.05) is 0 Å². The van der Waals surface area contributed by atoms with E-state index in [1.165, 1.54) is 26.4 Å². The quantitative estimate of drug-likeness (QED) is 0.317. The molecule has 14 nitrogen and oxygen atoms in total. The number of primary amides is 1. The second-order valence-electron chi connectivity index (χ2n) is 9.05. The first-order chi connectivity index (χ1) is 17.9. The number of carbonyl (C=O) groups is 2. The van der Waals surface area contributed by atoms with Gasteiger partial charge in [-0.1, -0.05) is 18.2 Å². The summed E-state index contributed by atoms with van der Waals surface area (Å²) < 4.78 is 48.9. The van der Waals surface area contributed by atoms with Crippen molar-refractivity contribution in [3.8, 4) is 5.75 Å². The Bertz CT molecular complexity index is 1290. The standard InChI is InChI=1S/C23H29N4O10P/c1-13(22(30)32-4)26-38(31,37-14-8-6-5-7-9-14)33-12-15-17-18(36-23(2,3)35-17)21(34-15)27-11-10-25-16(19(24)28)20(27)29/h5-11,13,15,17-18,21H,12H2,1-4H3,(H2,24,28)(H,26,31)/t13-,15+,17+,18+,21+,38?/m0/s1. The lowest BCUT2D eigenvalue weighted by atomic mass is 10.1. The summed E-state index contributed by atoms with van der Waals surface area (Å²) >= 11 is 0. The number of hydrogen-bond donors (Lipinski definition) is 2. The Labute approximate surface area is 217 Å². The molecule has 3 N–H and O–H groups in total. The summed E-state index contributed by atoms with van der Waals surface area (Å²) in [4.78, 5) is 40.2. The lowest BCUT2D eigenvalue weighted by molar-refractivity contribution is -0.199. The molecule has 6 atom stereocenters. The largest absolute Gasteiger partial charge is 0.468 e. The van der Waals surface area contributed by atoms with Crippen molar-refractivity contribution in [1.82, 2.24) is 14.6 Å². The molecule has 2 aliphatic heterocycles. The van der Waals surface area contributed by atoms with E-state index in [4.69, 9.17) is 33.7 Å². The molecule has 38 heavy (non-hydrogen) atoms. The van der Waals surface area contributed by atoms with E-state index < -0.39 is 67.2 Å². The number of benzene rings is 1. The van der Waals surface area contributed by atoms with Crippen LogP contribution in [-0.4, -0.2) is 65.3 Å². The van der Waals surface area contributed by atoms with E-state index in [0.717, 1.165) is 4.57 Å². The van der Waals surface area contributed by atoms with E-state index in [2.05, 4.69) is 10.1 Å². The Morgan fingerprint density at radius 2 is 1.92 bits per heavy atom. The summed E-state index contributed by atoms with van der Waals surface area (Å²) in [7, 11) is -2.98. The normalized spacial score (nSPS) is 26.2. The highest BCUT2D eigenvalue weighted by atomic mass is 31.2. The second kappa shape index (κ2) is 10.9. The molecule has 206 valence electrons. The Morgan fingerprint density at radius 1 is 1.24 bits per heavy atom. The van der Waals surface area contributed by atoms with Gasteiger partial charge in [0.05, 0.1) is 13.7 Å². The van der Waals surface area contributed by atoms with Gasteiger partial charge in [-0.3, -0.25) is 23.5 Å². The average molecular weight is 552 g/mol. The van der Waals surface area contributed by atoms with Crippen molar-refractivity contribution in [1.29, 1.82) is 0 Å². The van der Waals surface area contributed by atoms with Crippen LogP contribution >= 0.6 is 7.75 Å². The predicted molar refractivity (Wildman–Crippen MR) is 130 cm³/mol. The first-order valence-corrected chi connectivity index (χ1v) is 13.2. The molecule has 3 heterocycles. The van der Waals surface area contributed by atoms with E-state index in [-0.39, 0.29) is 12.4 Å². The van der Waals surface area contributed by atoms with Crippen molar-refractivity contribution in [2.24, 2.45) is 5.73 Å². The number of nitrogens with zero attached hydrogens (tertiary/aromatic N) is 2. The molecule has 0 spiro atoms. The van der Waals surface area contributed by atoms with Crippen molar-refractivity contribution in [3.63, 3.8) is 0 Å². The summed E-state index contributed by atoms with van der Waals surface area (Å²) in [5, 5.41) is 2.56. The van der Waals surface area contributed by atoms with Crippen LogP contribution < -0.4 is 20.9 Å². The number of nitrogens with two attached hydrogens (primary N) is 1. The highest BCUT2D eigenvalue weighted by molar-refractivity contribution is 7.52. The van der Waals surface area contributed by atoms with E-state index in [9.17, 15) is 18.9 Å². The Hall–Kier alpha value is -3.13. The van der Waals surface area contributed by atoms with Gasteiger partial charge < -0.3 is 29.2 Å². The van der Waals surface area contributed by atoms with Crippen LogP contribution in [0.1, 0.15) is 37.5 Å². The van der Waals surface area contributed by atoms with Crippen LogP contribution in [0.5, 0.6) is 5.75 Å². The van der Waals surface area contributed by atoms with Crippen LogP contribution in [0.2, 0.25) is 0 Å². The summed E-state index contributed by atoms with van der Waals surface area (Å²) in [6.07, 6.45) is -0.916. The fraction of sp³-hybridized carbons (Fsp3) is 0.478. The van der Waals surface area contributed by atoms with Crippen LogP contribution in [0.4, 0.5) is 0 Å². The molecule has 1 aromatic carbocycles. The summed E-state index contributed by atoms with van der Waals surface area (Å²) in [6, 6.07) is 7.21. The number of para-hydroxylation sites is 1. The molecule has 1 amide bonds. The monoisotopic (exact) mass is 552 g/mol. The lowest BCUT2D eigenvalue weighted by Crippen LogP contribution is -2.37. The van der Waals surface area contributed by atoms with Crippen LogP contribution in [0.15, 0.2) is 47.5 Å². The first-order valence-electron chi connectivity index (χ1n) is 11.7. The number of nitrogens with one attached hydrogen (secondary N) is 1. The Morgan fingerprint density at radius 3 is 2.58 bits per heavy atom. The maximum Gasteiger partial charge on any atom is 0.459 e. The van der Waals surface area contributed by atoms with Crippen molar-refractivity contribution >= 4 is 19.6 Å². The number of aromatic nitrogens is 2. The molecule has 0 saturated carbocycles. The van der Waals surface area contributed by atoms with Crippen molar-refractivity contribution in [2.45, 2.75) is 57.1 Å². The first kappa shape index (κ1) is 27.9. The third-order valence-electron chi connectivity index (χ3n) is 5.78.